The van der Waals surface area contributed by atoms with Crippen molar-refractivity contribution >= 4 is 12.1 Å². The molecular formula is C18H19N5O3. The molecule has 0 saturated carbocycles. The molecule has 0 aliphatic rings. The van der Waals surface area contributed by atoms with Gasteiger partial charge in [0, 0.05) is 13.2 Å². The Kier molecular flexibility index (Phi) is 5.02. The number of ether oxygens (including phenoxy) is 2. The second kappa shape index (κ2) is 7.56. The van der Waals surface area contributed by atoms with Crippen molar-refractivity contribution in [3.8, 4) is 22.9 Å². The molecule has 0 bridgehead atoms. The van der Waals surface area contributed by atoms with E-state index in [1.807, 2.05) is 29.9 Å². The number of hydrazone groups is 1. The van der Waals surface area contributed by atoms with E-state index in [9.17, 15) is 4.79 Å². The van der Waals surface area contributed by atoms with Gasteiger partial charge in [0.25, 0.3) is 5.91 Å². The predicted molar refractivity (Wildman–Crippen MR) is 97.6 cm³/mol. The van der Waals surface area contributed by atoms with Crippen LogP contribution in [0.25, 0.3) is 11.4 Å². The molecule has 134 valence electrons. The van der Waals surface area contributed by atoms with Crippen molar-refractivity contribution in [2.24, 2.45) is 12.1 Å². The number of carbonyl (C=O) groups is 1. The van der Waals surface area contributed by atoms with Crippen LogP contribution in [0.15, 0.2) is 47.7 Å². The number of H-pyrrole nitrogens is 1. The summed E-state index contributed by atoms with van der Waals surface area (Å²) in [4.78, 5) is 12.2. The molecule has 3 aromatic rings. The number of hydrogen-bond acceptors (Lipinski definition) is 5. The van der Waals surface area contributed by atoms with E-state index in [4.69, 9.17) is 9.47 Å². The van der Waals surface area contributed by atoms with Crippen LogP contribution in [0.3, 0.4) is 0 Å². The number of nitrogens with one attached hydrogen (secondary N) is 2. The summed E-state index contributed by atoms with van der Waals surface area (Å²) in [6.07, 6.45) is 3.44. The van der Waals surface area contributed by atoms with Gasteiger partial charge in [0.15, 0.2) is 11.5 Å². The second-order valence-electron chi connectivity index (χ2n) is 5.48. The first-order valence-electron chi connectivity index (χ1n) is 7.85. The highest BCUT2D eigenvalue weighted by atomic mass is 16.5. The Morgan fingerprint density at radius 1 is 1.23 bits per heavy atom. The highest BCUT2D eigenvalue weighted by molar-refractivity contribution is 5.94. The predicted octanol–water partition coefficient (Wildman–Crippen LogP) is 2.20. The number of aromatic amines is 1. The lowest BCUT2D eigenvalue weighted by Crippen LogP contribution is -2.18. The van der Waals surface area contributed by atoms with Gasteiger partial charge in [-0.25, -0.2) is 5.43 Å². The average molecular weight is 353 g/mol. The number of methoxy groups -OCH3 is 2. The fourth-order valence-electron chi connectivity index (χ4n) is 2.46. The number of aryl methyl sites for hydroxylation is 1. The van der Waals surface area contributed by atoms with Gasteiger partial charge in [0.2, 0.25) is 0 Å². The number of rotatable bonds is 6. The first kappa shape index (κ1) is 17.3. The summed E-state index contributed by atoms with van der Waals surface area (Å²) in [7, 11) is 5.04. The van der Waals surface area contributed by atoms with Crippen molar-refractivity contribution < 1.29 is 14.3 Å². The summed E-state index contributed by atoms with van der Waals surface area (Å²) in [6, 6.07) is 10.8. The van der Waals surface area contributed by atoms with E-state index in [0.717, 1.165) is 11.3 Å². The molecule has 2 aromatic heterocycles. The van der Waals surface area contributed by atoms with Gasteiger partial charge in [-0.2, -0.15) is 10.2 Å². The van der Waals surface area contributed by atoms with Crippen molar-refractivity contribution in [1.29, 1.82) is 0 Å². The molecular weight excluding hydrogens is 334 g/mol. The van der Waals surface area contributed by atoms with E-state index < -0.39 is 0 Å². The lowest BCUT2D eigenvalue weighted by Gasteiger charge is -2.07. The topological polar surface area (TPSA) is 93.5 Å². The molecule has 3 rings (SSSR count). The maximum absolute atomic E-state index is 12.2. The third kappa shape index (κ3) is 3.59. The van der Waals surface area contributed by atoms with Crippen LogP contribution in [0.4, 0.5) is 0 Å². The van der Waals surface area contributed by atoms with Crippen molar-refractivity contribution in [2.75, 3.05) is 14.2 Å². The Balaban J connectivity index is 1.67. The highest BCUT2D eigenvalue weighted by Gasteiger charge is 2.11. The molecule has 1 aromatic carbocycles. The summed E-state index contributed by atoms with van der Waals surface area (Å²) < 4.78 is 12.3. The molecule has 0 spiro atoms. The van der Waals surface area contributed by atoms with E-state index in [1.165, 1.54) is 6.21 Å². The van der Waals surface area contributed by atoms with Crippen LogP contribution in [-0.4, -0.2) is 41.1 Å². The van der Waals surface area contributed by atoms with Gasteiger partial charge in [0.1, 0.15) is 11.4 Å². The smallest absolute Gasteiger partial charge is 0.289 e. The molecule has 26 heavy (non-hydrogen) atoms. The summed E-state index contributed by atoms with van der Waals surface area (Å²) in [5, 5.41) is 10.8. The van der Waals surface area contributed by atoms with Gasteiger partial charge in [-0.05, 0) is 42.0 Å². The molecule has 0 aliphatic carbocycles. The zero-order valence-corrected chi connectivity index (χ0v) is 14.7. The number of hydrogen-bond donors (Lipinski definition) is 2. The van der Waals surface area contributed by atoms with Crippen molar-refractivity contribution in [2.45, 2.75) is 0 Å². The number of aromatic nitrogens is 3. The monoisotopic (exact) mass is 353 g/mol. The van der Waals surface area contributed by atoms with Crippen LogP contribution in [0, 0.1) is 0 Å². The van der Waals surface area contributed by atoms with E-state index >= 15 is 0 Å². The molecule has 0 saturated heterocycles. The minimum Gasteiger partial charge on any atom is -0.493 e. The van der Waals surface area contributed by atoms with Crippen LogP contribution in [0.2, 0.25) is 0 Å². The lowest BCUT2D eigenvalue weighted by molar-refractivity contribution is 0.0950. The quantitative estimate of drug-likeness (QED) is 0.525. The standard InChI is InChI=1S/C18H19N5O3/c1-23-8-4-5-15(23)13-10-14(21-20-13)18(24)22-19-11-12-6-7-16(25-2)17(9-12)26-3/h4-11H,1-3H3,(H,20,21)(H,22,24)/b19-11+. The summed E-state index contributed by atoms with van der Waals surface area (Å²) in [5.74, 6) is 0.831. The Labute approximate surface area is 150 Å². The highest BCUT2D eigenvalue weighted by Crippen LogP contribution is 2.26. The molecule has 2 heterocycles. The molecule has 1 amide bonds. The zero-order valence-electron chi connectivity index (χ0n) is 14.7. The van der Waals surface area contributed by atoms with Gasteiger partial charge < -0.3 is 14.0 Å². The molecule has 0 radical (unpaired) electrons. The minimum absolute atomic E-state index is 0.325. The number of amides is 1. The van der Waals surface area contributed by atoms with Crippen molar-refractivity contribution in [3.63, 3.8) is 0 Å². The van der Waals surface area contributed by atoms with Crippen LogP contribution in [0.1, 0.15) is 16.1 Å². The summed E-state index contributed by atoms with van der Waals surface area (Å²) in [5.41, 5.74) is 5.15. The first-order valence-corrected chi connectivity index (χ1v) is 7.85. The third-order valence-corrected chi connectivity index (χ3v) is 3.82. The van der Waals surface area contributed by atoms with Crippen LogP contribution in [-0.2, 0) is 7.05 Å². The molecule has 8 nitrogen and oxygen atoms in total. The zero-order chi connectivity index (χ0) is 18.5. The number of benzene rings is 1. The third-order valence-electron chi connectivity index (χ3n) is 3.82. The van der Waals surface area contributed by atoms with E-state index in [0.29, 0.717) is 22.9 Å². The Morgan fingerprint density at radius 3 is 2.73 bits per heavy atom. The molecule has 2 N–H and O–H groups in total. The van der Waals surface area contributed by atoms with Gasteiger partial charge in [0.05, 0.1) is 26.1 Å². The second-order valence-corrected chi connectivity index (χ2v) is 5.48. The Bertz CT molecular complexity index is 942. The molecule has 0 fully saturated rings. The van der Waals surface area contributed by atoms with E-state index in [2.05, 4.69) is 20.7 Å². The summed E-state index contributed by atoms with van der Waals surface area (Å²) >= 11 is 0. The summed E-state index contributed by atoms with van der Waals surface area (Å²) in [6.45, 7) is 0. The Morgan fingerprint density at radius 2 is 2.04 bits per heavy atom. The normalized spacial score (nSPS) is 10.9. The average Bonchev–Trinajstić information content (AvgIpc) is 3.30. The Hall–Kier alpha value is -3.55. The van der Waals surface area contributed by atoms with E-state index in [1.54, 1.807) is 38.5 Å². The molecule has 0 aliphatic heterocycles. The fraction of sp³-hybridized carbons (Fsp3) is 0.167. The van der Waals surface area contributed by atoms with E-state index in [-0.39, 0.29) is 5.91 Å². The van der Waals surface area contributed by atoms with Gasteiger partial charge >= 0.3 is 0 Å². The largest absolute Gasteiger partial charge is 0.493 e. The van der Waals surface area contributed by atoms with Crippen molar-refractivity contribution in [1.82, 2.24) is 20.2 Å². The maximum Gasteiger partial charge on any atom is 0.289 e. The van der Waals surface area contributed by atoms with Crippen LogP contribution >= 0.6 is 0 Å². The molecule has 0 atom stereocenters. The van der Waals surface area contributed by atoms with Crippen LogP contribution < -0.4 is 14.9 Å². The number of nitrogens with zero attached hydrogens (tertiary/aromatic N) is 3. The van der Waals surface area contributed by atoms with Crippen molar-refractivity contribution in [3.05, 3.63) is 53.9 Å². The van der Waals surface area contributed by atoms with Gasteiger partial charge in [-0.1, -0.05) is 0 Å². The fourth-order valence-corrected chi connectivity index (χ4v) is 2.46. The lowest BCUT2D eigenvalue weighted by atomic mass is 10.2. The van der Waals surface area contributed by atoms with Gasteiger partial charge in [-0.3, -0.25) is 9.89 Å². The first-order chi connectivity index (χ1) is 12.6. The van der Waals surface area contributed by atoms with Crippen LogP contribution in [0.5, 0.6) is 11.5 Å². The minimum atomic E-state index is -0.380. The molecule has 8 heteroatoms. The SMILES string of the molecule is COc1ccc(/C=N/NC(=O)c2cc(-c3cccn3C)n[nH]2)cc1OC. The van der Waals surface area contributed by atoms with Gasteiger partial charge in [-0.15, -0.1) is 0 Å². The molecule has 0 unspecified atom stereocenters. The number of carbonyl (C=O) groups excluding carboxylic acids is 1. The maximum atomic E-state index is 12.2.